The maximum atomic E-state index is 13.3. The largest absolute Gasteiger partial charge is 0.491 e. The van der Waals surface area contributed by atoms with Crippen LogP contribution in [0.25, 0.3) is 0 Å². The predicted octanol–water partition coefficient (Wildman–Crippen LogP) is 5.05. The first-order valence-corrected chi connectivity index (χ1v) is 7.93. The van der Waals surface area contributed by atoms with Crippen LogP contribution >= 0.6 is 0 Å². The second kappa shape index (κ2) is 9.08. The van der Waals surface area contributed by atoms with E-state index < -0.39 is 0 Å². The molecule has 2 aromatic carbocycles. The van der Waals surface area contributed by atoms with E-state index in [1.54, 1.807) is 18.2 Å². The quantitative estimate of drug-likeness (QED) is 0.654. The molecule has 1 N–H and O–H groups in total. The summed E-state index contributed by atoms with van der Waals surface area (Å²) in [6.07, 6.45) is 5.54. The lowest BCUT2D eigenvalue weighted by Gasteiger charge is -2.07. The van der Waals surface area contributed by atoms with E-state index in [1.165, 1.54) is 24.5 Å². The lowest BCUT2D eigenvalue weighted by Crippen LogP contribution is -1.99. The van der Waals surface area contributed by atoms with Crippen molar-refractivity contribution in [3.63, 3.8) is 0 Å². The third kappa shape index (κ3) is 5.40. The Labute approximate surface area is 132 Å². The van der Waals surface area contributed by atoms with Crippen LogP contribution in [0.3, 0.4) is 0 Å². The summed E-state index contributed by atoms with van der Waals surface area (Å²) >= 11 is 0. The number of unbranched alkanes of at least 4 members (excludes halogenated alkanes) is 3. The smallest absolute Gasteiger partial charge is 0.165 e. The highest BCUT2D eigenvalue weighted by Crippen LogP contribution is 2.16. The number of anilines is 1. The Hall–Kier alpha value is -2.03. The van der Waals surface area contributed by atoms with Gasteiger partial charge in [0, 0.05) is 12.7 Å². The summed E-state index contributed by atoms with van der Waals surface area (Å²) in [6, 6.07) is 15.1. The molecule has 0 saturated carbocycles. The van der Waals surface area contributed by atoms with Crippen molar-refractivity contribution in [3.05, 3.63) is 59.9 Å². The van der Waals surface area contributed by atoms with Gasteiger partial charge in [0.1, 0.15) is 0 Å². The minimum Gasteiger partial charge on any atom is -0.491 e. The second-order valence-electron chi connectivity index (χ2n) is 5.39. The zero-order valence-corrected chi connectivity index (χ0v) is 13.1. The van der Waals surface area contributed by atoms with Gasteiger partial charge in [0.2, 0.25) is 0 Å². The van der Waals surface area contributed by atoms with Crippen molar-refractivity contribution in [1.82, 2.24) is 0 Å². The Bertz CT molecular complexity index is 554. The summed E-state index contributed by atoms with van der Waals surface area (Å²) in [6.45, 7) is 0.581. The summed E-state index contributed by atoms with van der Waals surface area (Å²) < 4.78 is 18.8. The number of nitrogens with one attached hydrogen (secondary N) is 1. The second-order valence-corrected chi connectivity index (χ2v) is 5.39. The van der Waals surface area contributed by atoms with Gasteiger partial charge < -0.3 is 10.1 Å². The van der Waals surface area contributed by atoms with Crippen LogP contribution in [-0.2, 0) is 6.42 Å². The van der Waals surface area contributed by atoms with Gasteiger partial charge in [-0.2, -0.15) is 0 Å². The van der Waals surface area contributed by atoms with Crippen molar-refractivity contribution >= 4 is 5.69 Å². The van der Waals surface area contributed by atoms with Gasteiger partial charge in [0.25, 0.3) is 0 Å². The number of rotatable bonds is 9. The van der Waals surface area contributed by atoms with Crippen LogP contribution < -0.4 is 10.1 Å². The van der Waals surface area contributed by atoms with Gasteiger partial charge in [-0.15, -0.1) is 0 Å². The van der Waals surface area contributed by atoms with E-state index in [1.807, 2.05) is 7.05 Å². The fraction of sp³-hybridized carbons (Fsp3) is 0.368. The van der Waals surface area contributed by atoms with Crippen molar-refractivity contribution in [1.29, 1.82) is 0 Å². The molecule has 3 heteroatoms. The molecule has 0 fully saturated rings. The zero-order valence-electron chi connectivity index (χ0n) is 13.1. The topological polar surface area (TPSA) is 21.3 Å². The maximum Gasteiger partial charge on any atom is 0.165 e. The molecule has 0 amide bonds. The van der Waals surface area contributed by atoms with Gasteiger partial charge in [-0.25, -0.2) is 4.39 Å². The molecule has 2 nitrogen and oxygen atoms in total. The van der Waals surface area contributed by atoms with Gasteiger partial charge in [0.05, 0.1) is 6.61 Å². The van der Waals surface area contributed by atoms with Crippen LogP contribution in [0.15, 0.2) is 48.5 Å². The monoisotopic (exact) mass is 301 g/mol. The molecule has 0 unspecified atom stereocenters. The Morgan fingerprint density at radius 2 is 1.64 bits per heavy atom. The van der Waals surface area contributed by atoms with Gasteiger partial charge in [-0.3, -0.25) is 0 Å². The molecule has 0 heterocycles. The molecule has 2 rings (SSSR count). The third-order valence-corrected chi connectivity index (χ3v) is 3.70. The third-order valence-electron chi connectivity index (χ3n) is 3.70. The van der Waals surface area contributed by atoms with Crippen LogP contribution in [0.1, 0.15) is 31.2 Å². The lowest BCUT2D eigenvalue weighted by molar-refractivity contribution is 0.290. The summed E-state index contributed by atoms with van der Waals surface area (Å²) in [7, 11) is 1.93. The molecule has 0 aromatic heterocycles. The van der Waals surface area contributed by atoms with E-state index in [9.17, 15) is 4.39 Å². The van der Waals surface area contributed by atoms with E-state index in [2.05, 4.69) is 29.6 Å². The summed E-state index contributed by atoms with van der Waals surface area (Å²) in [5.41, 5.74) is 2.52. The van der Waals surface area contributed by atoms with E-state index in [0.717, 1.165) is 24.9 Å². The number of halogens is 1. The van der Waals surface area contributed by atoms with Crippen molar-refractivity contribution in [2.24, 2.45) is 0 Å². The molecule has 0 aliphatic carbocycles. The van der Waals surface area contributed by atoms with Crippen molar-refractivity contribution in [2.75, 3.05) is 19.0 Å². The number of benzene rings is 2. The molecule has 0 aliphatic rings. The predicted molar refractivity (Wildman–Crippen MR) is 90.1 cm³/mol. The number of hydrogen-bond acceptors (Lipinski definition) is 2. The van der Waals surface area contributed by atoms with Gasteiger partial charge in [-0.05, 0) is 49.1 Å². The normalized spacial score (nSPS) is 10.5. The highest BCUT2D eigenvalue weighted by molar-refractivity contribution is 5.43. The van der Waals surface area contributed by atoms with E-state index in [0.29, 0.717) is 12.4 Å². The SMILES string of the molecule is CNc1ccc(CCCCCCOc2ccccc2F)cc1. The Balaban J connectivity index is 1.55. The van der Waals surface area contributed by atoms with Crippen LogP contribution in [0.2, 0.25) is 0 Å². The molecule has 0 saturated heterocycles. The summed E-state index contributed by atoms with van der Waals surface area (Å²) in [4.78, 5) is 0. The molecule has 0 bridgehead atoms. The first-order valence-electron chi connectivity index (χ1n) is 7.93. The van der Waals surface area contributed by atoms with Crippen LogP contribution in [0.4, 0.5) is 10.1 Å². The summed E-state index contributed by atoms with van der Waals surface area (Å²) in [5, 5.41) is 3.12. The molecular weight excluding hydrogens is 277 g/mol. The molecule has 2 aromatic rings. The standard InChI is InChI=1S/C19H24FNO/c1-21-17-13-11-16(12-14-17)8-4-2-3-7-15-22-19-10-6-5-9-18(19)20/h5-6,9-14,21H,2-4,7-8,15H2,1H3. The maximum absolute atomic E-state index is 13.3. The van der Waals surface area contributed by atoms with Crippen molar-refractivity contribution < 1.29 is 9.13 Å². The Morgan fingerprint density at radius 3 is 2.36 bits per heavy atom. The average Bonchev–Trinajstić information content (AvgIpc) is 2.56. The molecular formula is C19H24FNO. The highest BCUT2D eigenvalue weighted by atomic mass is 19.1. The fourth-order valence-corrected chi connectivity index (χ4v) is 2.37. The minimum absolute atomic E-state index is 0.285. The molecule has 0 spiro atoms. The number of para-hydroxylation sites is 1. The number of ether oxygens (including phenoxy) is 1. The minimum atomic E-state index is -0.285. The average molecular weight is 301 g/mol. The van der Waals surface area contributed by atoms with Gasteiger partial charge >= 0.3 is 0 Å². The first kappa shape index (κ1) is 16.3. The van der Waals surface area contributed by atoms with Gasteiger partial charge in [0.15, 0.2) is 11.6 Å². The molecule has 118 valence electrons. The van der Waals surface area contributed by atoms with E-state index in [4.69, 9.17) is 4.74 Å². The van der Waals surface area contributed by atoms with Crippen molar-refractivity contribution in [2.45, 2.75) is 32.1 Å². The number of hydrogen-bond donors (Lipinski definition) is 1. The Morgan fingerprint density at radius 1 is 0.909 bits per heavy atom. The van der Waals surface area contributed by atoms with Crippen LogP contribution in [0, 0.1) is 5.82 Å². The summed E-state index contributed by atoms with van der Waals surface area (Å²) in [5.74, 6) is 0.0691. The molecule has 0 atom stereocenters. The molecule has 0 radical (unpaired) electrons. The molecule has 22 heavy (non-hydrogen) atoms. The first-order chi connectivity index (χ1) is 10.8. The lowest BCUT2D eigenvalue weighted by atomic mass is 10.1. The zero-order chi connectivity index (χ0) is 15.6. The van der Waals surface area contributed by atoms with E-state index in [-0.39, 0.29) is 5.82 Å². The van der Waals surface area contributed by atoms with Crippen molar-refractivity contribution in [3.8, 4) is 5.75 Å². The van der Waals surface area contributed by atoms with E-state index >= 15 is 0 Å². The fourth-order valence-electron chi connectivity index (χ4n) is 2.37. The van der Waals surface area contributed by atoms with Crippen LogP contribution in [0.5, 0.6) is 5.75 Å². The number of aryl methyl sites for hydroxylation is 1. The Kier molecular flexibility index (Phi) is 6.75. The molecule has 0 aliphatic heterocycles. The highest BCUT2D eigenvalue weighted by Gasteiger charge is 2.00. The van der Waals surface area contributed by atoms with Crippen LogP contribution in [-0.4, -0.2) is 13.7 Å². The van der Waals surface area contributed by atoms with Gasteiger partial charge in [-0.1, -0.05) is 37.1 Å².